The van der Waals surface area contributed by atoms with Crippen molar-refractivity contribution in [1.29, 1.82) is 0 Å². The summed E-state index contributed by atoms with van der Waals surface area (Å²) in [4.78, 5) is 2.24. The van der Waals surface area contributed by atoms with Gasteiger partial charge >= 0.3 is 0 Å². The Hall–Kier alpha value is -1.25. The van der Waals surface area contributed by atoms with Gasteiger partial charge in [-0.1, -0.05) is 0 Å². The van der Waals surface area contributed by atoms with Crippen LogP contribution in [0.3, 0.4) is 0 Å². The van der Waals surface area contributed by atoms with Crippen LogP contribution in [-0.4, -0.2) is 19.8 Å². The zero-order valence-electron chi connectivity index (χ0n) is 8.82. The van der Waals surface area contributed by atoms with Gasteiger partial charge in [-0.15, -0.1) is 0 Å². The lowest BCUT2D eigenvalue weighted by Crippen LogP contribution is -2.36. The van der Waals surface area contributed by atoms with Gasteiger partial charge in [0.1, 0.15) is 0 Å². The van der Waals surface area contributed by atoms with Gasteiger partial charge in [0, 0.05) is 30.4 Å². The molecule has 3 heteroatoms. The lowest BCUT2D eigenvalue weighted by Gasteiger charge is -2.33. The first-order valence-corrected chi connectivity index (χ1v) is 5.46. The zero-order valence-corrected chi connectivity index (χ0v) is 8.82. The highest BCUT2D eigenvalue weighted by atomic mass is 19.1. The Kier molecular flexibility index (Phi) is 3.09. The normalized spacial score (nSPS) is 21.7. The van der Waals surface area contributed by atoms with Crippen molar-refractivity contribution < 1.29 is 4.39 Å². The average molecular weight is 208 g/mol. The molecule has 0 radical (unpaired) electrons. The van der Waals surface area contributed by atoms with Crippen molar-refractivity contribution in [1.82, 2.24) is 0 Å². The van der Waals surface area contributed by atoms with Crippen molar-refractivity contribution in [3.63, 3.8) is 0 Å². The Morgan fingerprint density at radius 3 is 2.73 bits per heavy atom. The minimum absolute atomic E-state index is 0.203. The first-order valence-electron chi connectivity index (χ1n) is 5.46. The molecule has 1 saturated heterocycles. The molecule has 1 heterocycles. The first kappa shape index (κ1) is 10.3. The van der Waals surface area contributed by atoms with E-state index in [1.165, 1.54) is 0 Å². The van der Waals surface area contributed by atoms with E-state index in [1.807, 2.05) is 24.3 Å². The first-order chi connectivity index (χ1) is 7.29. The summed E-state index contributed by atoms with van der Waals surface area (Å²) in [5.74, 6) is 0.205. The summed E-state index contributed by atoms with van der Waals surface area (Å²) in [7, 11) is 0. The van der Waals surface area contributed by atoms with Gasteiger partial charge in [0.2, 0.25) is 0 Å². The Morgan fingerprint density at radius 1 is 1.33 bits per heavy atom. The van der Waals surface area contributed by atoms with E-state index in [2.05, 4.69) is 4.90 Å². The fourth-order valence-corrected chi connectivity index (χ4v) is 2.11. The van der Waals surface area contributed by atoms with Crippen LogP contribution in [0.4, 0.5) is 15.8 Å². The van der Waals surface area contributed by atoms with Gasteiger partial charge in [0.15, 0.2) is 0 Å². The van der Waals surface area contributed by atoms with E-state index in [0.717, 1.165) is 37.3 Å². The molecular weight excluding hydrogens is 191 g/mol. The summed E-state index contributed by atoms with van der Waals surface area (Å²) in [5, 5.41) is 0. The Morgan fingerprint density at radius 2 is 2.07 bits per heavy atom. The summed E-state index contributed by atoms with van der Waals surface area (Å²) in [6, 6.07) is 7.81. The predicted octanol–water partition coefficient (Wildman–Crippen LogP) is 2.45. The third kappa shape index (κ3) is 2.41. The highest BCUT2D eigenvalue weighted by molar-refractivity contribution is 5.53. The summed E-state index contributed by atoms with van der Waals surface area (Å²) >= 11 is 0. The number of hydrogen-bond donors (Lipinski definition) is 1. The van der Waals surface area contributed by atoms with Crippen LogP contribution in [0.25, 0.3) is 0 Å². The lowest BCUT2D eigenvalue weighted by molar-refractivity contribution is 0.316. The van der Waals surface area contributed by atoms with Crippen molar-refractivity contribution in [3.8, 4) is 0 Å². The zero-order chi connectivity index (χ0) is 10.7. The Bertz CT molecular complexity index is 310. The lowest BCUT2D eigenvalue weighted by atomic mass is 9.99. The van der Waals surface area contributed by atoms with Crippen molar-refractivity contribution in [3.05, 3.63) is 24.3 Å². The van der Waals surface area contributed by atoms with Gasteiger partial charge in [-0.25, -0.2) is 0 Å². The third-order valence-electron chi connectivity index (χ3n) is 3.00. The monoisotopic (exact) mass is 208 g/mol. The van der Waals surface area contributed by atoms with Crippen LogP contribution >= 0.6 is 0 Å². The molecule has 1 aromatic rings. The quantitative estimate of drug-likeness (QED) is 0.756. The highest BCUT2D eigenvalue weighted by Crippen LogP contribution is 2.23. The molecule has 1 aliphatic heterocycles. The van der Waals surface area contributed by atoms with E-state index in [4.69, 9.17) is 5.73 Å². The highest BCUT2D eigenvalue weighted by Gasteiger charge is 2.19. The molecule has 1 aromatic carbocycles. The van der Waals surface area contributed by atoms with Gasteiger partial charge in [-0.2, -0.15) is 0 Å². The molecule has 2 nitrogen and oxygen atoms in total. The van der Waals surface area contributed by atoms with E-state index in [9.17, 15) is 4.39 Å². The standard InChI is InChI=1S/C12H17FN2/c13-8-10-2-1-7-15(9-10)12-5-3-11(14)4-6-12/h3-6,10H,1-2,7-9,14H2/t10-/m1/s1. The summed E-state index contributed by atoms with van der Waals surface area (Å²) in [6.07, 6.45) is 2.10. The number of piperidine rings is 1. The van der Waals surface area contributed by atoms with Crippen molar-refractivity contribution in [2.24, 2.45) is 5.92 Å². The topological polar surface area (TPSA) is 29.3 Å². The minimum Gasteiger partial charge on any atom is -0.399 e. The minimum atomic E-state index is -0.203. The van der Waals surface area contributed by atoms with Crippen LogP contribution in [-0.2, 0) is 0 Å². The second kappa shape index (κ2) is 4.51. The molecule has 2 N–H and O–H groups in total. The molecule has 1 aliphatic rings. The maximum absolute atomic E-state index is 12.6. The molecule has 0 spiro atoms. The molecule has 0 aliphatic carbocycles. The molecule has 15 heavy (non-hydrogen) atoms. The van der Waals surface area contributed by atoms with Crippen LogP contribution in [0.5, 0.6) is 0 Å². The molecule has 0 unspecified atom stereocenters. The molecule has 0 aromatic heterocycles. The van der Waals surface area contributed by atoms with Crippen LogP contribution in [0.2, 0.25) is 0 Å². The van der Waals surface area contributed by atoms with E-state index >= 15 is 0 Å². The van der Waals surface area contributed by atoms with Crippen LogP contribution < -0.4 is 10.6 Å². The second-order valence-electron chi connectivity index (χ2n) is 4.20. The molecule has 2 rings (SSSR count). The number of benzene rings is 1. The third-order valence-corrected chi connectivity index (χ3v) is 3.00. The predicted molar refractivity (Wildman–Crippen MR) is 61.8 cm³/mol. The van der Waals surface area contributed by atoms with Gasteiger partial charge in [-0.3, -0.25) is 4.39 Å². The fourth-order valence-electron chi connectivity index (χ4n) is 2.11. The number of hydrogen-bond acceptors (Lipinski definition) is 2. The molecule has 0 bridgehead atoms. The Balaban J connectivity index is 2.06. The number of nitrogen functional groups attached to an aromatic ring is 1. The maximum Gasteiger partial charge on any atom is 0.0939 e. The van der Waals surface area contributed by atoms with Gasteiger partial charge in [0.05, 0.1) is 6.67 Å². The average Bonchev–Trinajstić information content (AvgIpc) is 2.30. The summed E-state index contributed by atoms with van der Waals surface area (Å²) in [6.45, 7) is 1.66. The largest absolute Gasteiger partial charge is 0.399 e. The van der Waals surface area contributed by atoms with E-state index in [-0.39, 0.29) is 12.6 Å². The van der Waals surface area contributed by atoms with Crippen molar-refractivity contribution in [2.75, 3.05) is 30.4 Å². The number of anilines is 2. The number of rotatable bonds is 2. The molecule has 82 valence electrons. The van der Waals surface area contributed by atoms with Gasteiger partial charge in [0.25, 0.3) is 0 Å². The number of alkyl halides is 1. The smallest absolute Gasteiger partial charge is 0.0939 e. The van der Waals surface area contributed by atoms with Crippen LogP contribution in [0.15, 0.2) is 24.3 Å². The molecular formula is C12H17FN2. The van der Waals surface area contributed by atoms with E-state index in [0.29, 0.717) is 0 Å². The fraction of sp³-hybridized carbons (Fsp3) is 0.500. The SMILES string of the molecule is Nc1ccc(N2CCC[C@H](CF)C2)cc1. The number of halogens is 1. The van der Waals surface area contributed by atoms with Crippen molar-refractivity contribution in [2.45, 2.75) is 12.8 Å². The number of nitrogens with zero attached hydrogens (tertiary/aromatic N) is 1. The van der Waals surface area contributed by atoms with Gasteiger partial charge < -0.3 is 10.6 Å². The van der Waals surface area contributed by atoms with E-state index < -0.39 is 0 Å². The van der Waals surface area contributed by atoms with Crippen molar-refractivity contribution >= 4 is 11.4 Å². The summed E-state index contributed by atoms with van der Waals surface area (Å²) < 4.78 is 12.6. The molecule has 1 fully saturated rings. The molecule has 1 atom stereocenters. The maximum atomic E-state index is 12.6. The van der Waals surface area contributed by atoms with Crippen LogP contribution in [0.1, 0.15) is 12.8 Å². The Labute approximate surface area is 89.9 Å². The number of nitrogens with two attached hydrogens (primary N) is 1. The summed E-state index contributed by atoms with van der Waals surface area (Å²) in [5.41, 5.74) is 7.56. The molecule has 0 amide bonds. The molecule has 0 saturated carbocycles. The van der Waals surface area contributed by atoms with Gasteiger partial charge in [-0.05, 0) is 37.1 Å². The van der Waals surface area contributed by atoms with Crippen LogP contribution in [0, 0.1) is 5.92 Å². The second-order valence-corrected chi connectivity index (χ2v) is 4.20. The van der Waals surface area contributed by atoms with E-state index in [1.54, 1.807) is 0 Å².